The van der Waals surface area contributed by atoms with E-state index in [9.17, 15) is 0 Å². The van der Waals surface area contributed by atoms with E-state index in [4.69, 9.17) is 0 Å². The van der Waals surface area contributed by atoms with E-state index in [2.05, 4.69) is 39.4 Å². The molecule has 2 fully saturated rings. The Hall–Kier alpha value is -1.06. The van der Waals surface area contributed by atoms with Crippen LogP contribution in [0.25, 0.3) is 0 Å². The first-order chi connectivity index (χ1) is 10.4. The van der Waals surface area contributed by atoms with Gasteiger partial charge in [0, 0.05) is 50.5 Å². The van der Waals surface area contributed by atoms with Gasteiger partial charge in [-0.15, -0.1) is 0 Å². The number of para-hydroxylation sites is 1. The second-order valence-electron chi connectivity index (χ2n) is 6.98. The summed E-state index contributed by atoms with van der Waals surface area (Å²) in [6.07, 6.45) is 6.99. The van der Waals surface area contributed by atoms with Crippen LogP contribution in [0.4, 0.5) is 5.69 Å². The van der Waals surface area contributed by atoms with Crippen molar-refractivity contribution in [1.82, 2.24) is 9.80 Å². The summed E-state index contributed by atoms with van der Waals surface area (Å²) in [4.78, 5) is 5.41. The third-order valence-electron chi connectivity index (χ3n) is 5.57. The van der Waals surface area contributed by atoms with Crippen molar-refractivity contribution < 1.29 is 0 Å². The van der Waals surface area contributed by atoms with Crippen LogP contribution in [0.3, 0.4) is 0 Å². The van der Waals surface area contributed by atoms with Crippen LogP contribution >= 0.6 is 0 Å². The molecule has 0 amide bonds. The van der Waals surface area contributed by atoms with E-state index in [1.807, 2.05) is 0 Å². The predicted octanol–water partition coefficient (Wildman–Crippen LogP) is 2.58. The van der Waals surface area contributed by atoms with E-state index in [0.29, 0.717) is 6.04 Å². The standard InChI is InChI=1S/C18H27N3/c1-4-8-18-15(5-1)13-16(19-18)14-20-9-11-21(12-10-20)17-6-2-3-7-17/h1,4-5,8,16-17,19H,2-3,6-7,9-14H2. The molecule has 1 aromatic rings. The maximum absolute atomic E-state index is 3.69. The van der Waals surface area contributed by atoms with Crippen molar-refractivity contribution in [2.24, 2.45) is 0 Å². The highest BCUT2D eigenvalue weighted by Gasteiger charge is 2.28. The lowest BCUT2D eigenvalue weighted by Crippen LogP contribution is -2.51. The highest BCUT2D eigenvalue weighted by Crippen LogP contribution is 2.27. The zero-order chi connectivity index (χ0) is 14.1. The highest BCUT2D eigenvalue weighted by atomic mass is 15.3. The Labute approximate surface area is 128 Å². The SMILES string of the molecule is c1ccc2c(c1)CC(CN1CCN(C3CCCC3)CC1)N2. The minimum absolute atomic E-state index is 0.612. The summed E-state index contributed by atoms with van der Waals surface area (Å²) in [5.74, 6) is 0. The normalized spacial score (nSPS) is 27.7. The van der Waals surface area contributed by atoms with E-state index in [1.54, 1.807) is 0 Å². The third kappa shape index (κ3) is 2.95. The lowest BCUT2D eigenvalue weighted by atomic mass is 10.1. The molecule has 0 aromatic heterocycles. The zero-order valence-electron chi connectivity index (χ0n) is 12.9. The number of hydrogen-bond acceptors (Lipinski definition) is 3. The molecule has 1 aromatic carbocycles. The summed E-state index contributed by atoms with van der Waals surface area (Å²) >= 11 is 0. The monoisotopic (exact) mass is 285 g/mol. The smallest absolute Gasteiger partial charge is 0.0429 e. The number of rotatable bonds is 3. The summed E-state index contributed by atoms with van der Waals surface area (Å²) in [6, 6.07) is 10.3. The minimum atomic E-state index is 0.612. The van der Waals surface area contributed by atoms with Crippen LogP contribution in [0, 0.1) is 0 Å². The predicted molar refractivity (Wildman–Crippen MR) is 87.8 cm³/mol. The highest BCUT2D eigenvalue weighted by molar-refractivity contribution is 5.56. The van der Waals surface area contributed by atoms with Gasteiger partial charge in [-0.25, -0.2) is 0 Å². The van der Waals surface area contributed by atoms with Crippen LogP contribution in [-0.2, 0) is 6.42 Å². The van der Waals surface area contributed by atoms with Crippen molar-refractivity contribution in [2.45, 2.75) is 44.2 Å². The number of piperazine rings is 1. The van der Waals surface area contributed by atoms with E-state index >= 15 is 0 Å². The summed E-state index contributed by atoms with van der Waals surface area (Å²) in [6.45, 7) is 6.28. The molecule has 2 heterocycles. The molecular weight excluding hydrogens is 258 g/mol. The Morgan fingerprint density at radius 3 is 2.52 bits per heavy atom. The summed E-state index contributed by atoms with van der Waals surface area (Å²) in [7, 11) is 0. The lowest BCUT2D eigenvalue weighted by Gasteiger charge is -2.39. The molecule has 4 rings (SSSR count). The van der Waals surface area contributed by atoms with Gasteiger partial charge in [0.1, 0.15) is 0 Å². The van der Waals surface area contributed by atoms with Crippen molar-refractivity contribution in [1.29, 1.82) is 0 Å². The minimum Gasteiger partial charge on any atom is -0.380 e. The largest absolute Gasteiger partial charge is 0.380 e. The summed E-state index contributed by atoms with van der Waals surface area (Å²) < 4.78 is 0. The quantitative estimate of drug-likeness (QED) is 0.921. The lowest BCUT2D eigenvalue weighted by molar-refractivity contribution is 0.0957. The fourth-order valence-corrected chi connectivity index (χ4v) is 4.38. The molecule has 1 saturated carbocycles. The van der Waals surface area contributed by atoms with Gasteiger partial charge in [0.25, 0.3) is 0 Å². The Balaban J connectivity index is 1.26. The topological polar surface area (TPSA) is 18.5 Å². The molecule has 0 bridgehead atoms. The van der Waals surface area contributed by atoms with Crippen molar-refractivity contribution >= 4 is 5.69 Å². The average molecular weight is 285 g/mol. The van der Waals surface area contributed by atoms with Crippen LogP contribution in [0.5, 0.6) is 0 Å². The number of fused-ring (bicyclic) bond motifs is 1. The fourth-order valence-electron chi connectivity index (χ4n) is 4.38. The maximum Gasteiger partial charge on any atom is 0.0429 e. The Bertz CT molecular complexity index is 448. The maximum atomic E-state index is 3.69. The average Bonchev–Trinajstić information content (AvgIpc) is 3.17. The molecule has 114 valence electrons. The van der Waals surface area contributed by atoms with Crippen LogP contribution < -0.4 is 5.32 Å². The first-order valence-electron chi connectivity index (χ1n) is 8.69. The summed E-state index contributed by atoms with van der Waals surface area (Å²) in [5.41, 5.74) is 2.85. The van der Waals surface area contributed by atoms with Gasteiger partial charge in [-0.1, -0.05) is 31.0 Å². The Morgan fingerprint density at radius 1 is 1.00 bits per heavy atom. The Kier molecular flexibility index (Phi) is 3.87. The summed E-state index contributed by atoms with van der Waals surface area (Å²) in [5, 5.41) is 3.69. The van der Waals surface area contributed by atoms with Gasteiger partial charge in [0.05, 0.1) is 0 Å². The van der Waals surface area contributed by atoms with Gasteiger partial charge in [0.2, 0.25) is 0 Å². The number of benzene rings is 1. The van der Waals surface area contributed by atoms with Crippen molar-refractivity contribution in [2.75, 3.05) is 38.0 Å². The van der Waals surface area contributed by atoms with E-state index < -0.39 is 0 Å². The first-order valence-corrected chi connectivity index (χ1v) is 8.69. The number of nitrogens with one attached hydrogen (secondary N) is 1. The molecular formula is C18H27N3. The van der Waals surface area contributed by atoms with Crippen LogP contribution in [0.2, 0.25) is 0 Å². The van der Waals surface area contributed by atoms with Gasteiger partial charge in [-0.3, -0.25) is 9.80 Å². The molecule has 1 saturated heterocycles. The second kappa shape index (κ2) is 5.98. The molecule has 1 atom stereocenters. The van der Waals surface area contributed by atoms with E-state index in [1.165, 1.54) is 76.1 Å². The first kappa shape index (κ1) is 13.6. The Morgan fingerprint density at radius 2 is 1.76 bits per heavy atom. The molecule has 0 radical (unpaired) electrons. The molecule has 1 N–H and O–H groups in total. The molecule has 1 aliphatic carbocycles. The van der Waals surface area contributed by atoms with E-state index in [0.717, 1.165) is 6.04 Å². The molecule has 1 unspecified atom stereocenters. The van der Waals surface area contributed by atoms with Gasteiger partial charge in [-0.2, -0.15) is 0 Å². The van der Waals surface area contributed by atoms with Gasteiger partial charge in [-0.05, 0) is 30.9 Å². The number of anilines is 1. The van der Waals surface area contributed by atoms with Crippen molar-refractivity contribution in [3.63, 3.8) is 0 Å². The van der Waals surface area contributed by atoms with Crippen molar-refractivity contribution in [3.8, 4) is 0 Å². The second-order valence-corrected chi connectivity index (χ2v) is 6.98. The number of nitrogens with zero attached hydrogens (tertiary/aromatic N) is 2. The molecule has 3 heteroatoms. The zero-order valence-corrected chi connectivity index (χ0v) is 12.9. The number of hydrogen-bond donors (Lipinski definition) is 1. The molecule has 3 nitrogen and oxygen atoms in total. The van der Waals surface area contributed by atoms with Crippen molar-refractivity contribution in [3.05, 3.63) is 29.8 Å². The van der Waals surface area contributed by atoms with Crippen LogP contribution in [-0.4, -0.2) is 54.6 Å². The van der Waals surface area contributed by atoms with Crippen LogP contribution in [0.1, 0.15) is 31.2 Å². The van der Waals surface area contributed by atoms with Crippen LogP contribution in [0.15, 0.2) is 24.3 Å². The molecule has 21 heavy (non-hydrogen) atoms. The van der Waals surface area contributed by atoms with Gasteiger partial charge in [0.15, 0.2) is 0 Å². The van der Waals surface area contributed by atoms with Gasteiger partial charge < -0.3 is 5.32 Å². The molecule has 3 aliphatic rings. The van der Waals surface area contributed by atoms with Gasteiger partial charge >= 0.3 is 0 Å². The molecule has 2 aliphatic heterocycles. The molecule has 0 spiro atoms. The fraction of sp³-hybridized carbons (Fsp3) is 0.667. The van der Waals surface area contributed by atoms with E-state index in [-0.39, 0.29) is 0 Å². The third-order valence-corrected chi connectivity index (χ3v) is 5.57.